The van der Waals surface area contributed by atoms with E-state index in [4.69, 9.17) is 15.2 Å². The first kappa shape index (κ1) is 14.0. The fourth-order valence-corrected chi connectivity index (χ4v) is 2.12. The van der Waals surface area contributed by atoms with Gasteiger partial charge in [0, 0.05) is 26.4 Å². The fourth-order valence-electron chi connectivity index (χ4n) is 2.12. The number of nitrogen functional groups attached to an aromatic ring is 1. The van der Waals surface area contributed by atoms with Gasteiger partial charge in [-0.1, -0.05) is 0 Å². The number of ether oxygens (including phenoxy) is 2. The van der Waals surface area contributed by atoms with Crippen LogP contribution in [0.1, 0.15) is 19.1 Å². The molecule has 1 aromatic heterocycles. The maximum Gasteiger partial charge on any atom is 0.351 e. The van der Waals surface area contributed by atoms with Gasteiger partial charge in [0.1, 0.15) is 12.0 Å². The van der Waals surface area contributed by atoms with E-state index in [1.807, 2.05) is 0 Å². The average molecular weight is 268 g/mol. The number of hydrogen-bond donors (Lipinski definition) is 2. The molecule has 0 saturated carbocycles. The van der Waals surface area contributed by atoms with Crippen LogP contribution in [0.15, 0.2) is 17.1 Å². The molecule has 1 aliphatic rings. The van der Waals surface area contributed by atoms with E-state index in [0.29, 0.717) is 6.61 Å². The Kier molecular flexibility index (Phi) is 4.89. The minimum absolute atomic E-state index is 0.117. The Morgan fingerprint density at radius 3 is 3.21 bits per heavy atom. The van der Waals surface area contributed by atoms with Gasteiger partial charge in [-0.2, -0.15) is 4.98 Å². The molecule has 3 N–H and O–H groups in total. The molecule has 7 nitrogen and oxygen atoms in total. The smallest absolute Gasteiger partial charge is 0.351 e. The van der Waals surface area contributed by atoms with Gasteiger partial charge in [0.2, 0.25) is 0 Å². The topological polar surface area (TPSA) is 91.4 Å². The van der Waals surface area contributed by atoms with Crippen LogP contribution in [0.25, 0.3) is 0 Å². The Hall–Kier alpha value is -1.44. The number of anilines is 1. The molecule has 0 aliphatic carbocycles. The van der Waals surface area contributed by atoms with E-state index in [2.05, 4.69) is 10.3 Å². The summed E-state index contributed by atoms with van der Waals surface area (Å²) in [6.07, 6.45) is 3.24. The molecule has 106 valence electrons. The van der Waals surface area contributed by atoms with Crippen molar-refractivity contribution in [1.29, 1.82) is 0 Å². The molecule has 0 aromatic carbocycles. The van der Waals surface area contributed by atoms with E-state index in [0.717, 1.165) is 25.9 Å². The second-order valence-corrected chi connectivity index (χ2v) is 4.53. The lowest BCUT2D eigenvalue weighted by Gasteiger charge is -2.16. The molecule has 1 aliphatic heterocycles. The first-order valence-corrected chi connectivity index (χ1v) is 6.40. The molecule has 0 bridgehead atoms. The van der Waals surface area contributed by atoms with Crippen molar-refractivity contribution in [3.63, 3.8) is 0 Å². The van der Waals surface area contributed by atoms with Crippen LogP contribution in [0.5, 0.6) is 0 Å². The van der Waals surface area contributed by atoms with Gasteiger partial charge in [-0.05, 0) is 18.9 Å². The Morgan fingerprint density at radius 2 is 2.47 bits per heavy atom. The monoisotopic (exact) mass is 268 g/mol. The van der Waals surface area contributed by atoms with E-state index < -0.39 is 0 Å². The summed E-state index contributed by atoms with van der Waals surface area (Å²) in [5, 5.41) is 3.25. The molecule has 2 atom stereocenters. The molecule has 0 radical (unpaired) electrons. The van der Waals surface area contributed by atoms with E-state index in [-0.39, 0.29) is 23.8 Å². The normalized spacial score (nSPS) is 22.8. The molecule has 1 saturated heterocycles. The quantitative estimate of drug-likeness (QED) is 0.691. The van der Waals surface area contributed by atoms with E-state index in [9.17, 15) is 4.79 Å². The van der Waals surface area contributed by atoms with Crippen LogP contribution in [0.4, 0.5) is 5.82 Å². The van der Waals surface area contributed by atoms with Crippen LogP contribution in [0.3, 0.4) is 0 Å². The number of aromatic nitrogens is 2. The summed E-state index contributed by atoms with van der Waals surface area (Å²) in [5.74, 6) is 0.233. The highest BCUT2D eigenvalue weighted by Gasteiger charge is 2.26. The second-order valence-electron chi connectivity index (χ2n) is 4.53. The maximum atomic E-state index is 11.7. The zero-order valence-electron chi connectivity index (χ0n) is 11.0. The number of nitrogens with one attached hydrogen (secondary N) is 1. The third kappa shape index (κ3) is 3.76. The Morgan fingerprint density at radius 1 is 1.63 bits per heavy atom. The SMILES string of the molecule is COCCNC[C@@H]1CC[C@H](n2ccc(N)nc2=O)O1. The van der Waals surface area contributed by atoms with Gasteiger partial charge >= 0.3 is 5.69 Å². The summed E-state index contributed by atoms with van der Waals surface area (Å²) in [7, 11) is 1.67. The predicted molar refractivity (Wildman–Crippen MR) is 70.8 cm³/mol. The summed E-state index contributed by atoms with van der Waals surface area (Å²) in [5.41, 5.74) is 5.10. The summed E-state index contributed by atoms with van der Waals surface area (Å²) in [6, 6.07) is 1.61. The minimum atomic E-state index is -0.363. The summed E-state index contributed by atoms with van der Waals surface area (Å²) in [4.78, 5) is 15.4. The number of methoxy groups -OCH3 is 1. The molecular weight excluding hydrogens is 248 g/mol. The predicted octanol–water partition coefficient (Wildman–Crippen LogP) is -0.261. The first-order chi connectivity index (χ1) is 9.20. The number of nitrogens with zero attached hydrogens (tertiary/aromatic N) is 2. The average Bonchev–Trinajstić information content (AvgIpc) is 2.83. The molecule has 7 heteroatoms. The highest BCUT2D eigenvalue weighted by molar-refractivity contribution is 5.23. The van der Waals surface area contributed by atoms with Gasteiger partial charge in [-0.3, -0.25) is 4.57 Å². The fraction of sp³-hybridized carbons (Fsp3) is 0.667. The van der Waals surface area contributed by atoms with Gasteiger partial charge in [0.05, 0.1) is 12.7 Å². The van der Waals surface area contributed by atoms with Crippen LogP contribution in [-0.2, 0) is 9.47 Å². The first-order valence-electron chi connectivity index (χ1n) is 6.40. The largest absolute Gasteiger partial charge is 0.383 e. The zero-order chi connectivity index (χ0) is 13.7. The highest BCUT2D eigenvalue weighted by atomic mass is 16.5. The molecule has 0 unspecified atom stereocenters. The molecular formula is C12H20N4O3. The molecule has 1 fully saturated rings. The van der Waals surface area contributed by atoms with Crippen LogP contribution >= 0.6 is 0 Å². The van der Waals surface area contributed by atoms with Crippen LogP contribution in [-0.4, -0.2) is 42.5 Å². The lowest BCUT2D eigenvalue weighted by molar-refractivity contribution is -0.000275. The van der Waals surface area contributed by atoms with Crippen molar-refractivity contribution in [2.24, 2.45) is 0 Å². The number of nitrogens with two attached hydrogens (primary N) is 1. The van der Waals surface area contributed by atoms with Crippen molar-refractivity contribution in [3.8, 4) is 0 Å². The molecule has 0 amide bonds. The minimum Gasteiger partial charge on any atom is -0.383 e. The summed E-state index contributed by atoms with van der Waals surface area (Å²) >= 11 is 0. The van der Waals surface area contributed by atoms with Gasteiger partial charge in [-0.25, -0.2) is 4.79 Å². The molecule has 0 spiro atoms. The van der Waals surface area contributed by atoms with Crippen molar-refractivity contribution in [2.45, 2.75) is 25.2 Å². The van der Waals surface area contributed by atoms with Crippen molar-refractivity contribution in [1.82, 2.24) is 14.9 Å². The van der Waals surface area contributed by atoms with E-state index in [1.165, 1.54) is 4.57 Å². The Balaban J connectivity index is 1.86. The third-order valence-corrected chi connectivity index (χ3v) is 3.10. The van der Waals surface area contributed by atoms with Gasteiger partial charge < -0.3 is 20.5 Å². The van der Waals surface area contributed by atoms with Gasteiger partial charge in [0.25, 0.3) is 0 Å². The van der Waals surface area contributed by atoms with E-state index in [1.54, 1.807) is 19.4 Å². The van der Waals surface area contributed by atoms with Crippen molar-refractivity contribution in [3.05, 3.63) is 22.7 Å². The number of hydrogen-bond acceptors (Lipinski definition) is 6. The van der Waals surface area contributed by atoms with Crippen LogP contribution in [0.2, 0.25) is 0 Å². The summed E-state index contributed by atoms with van der Waals surface area (Å²) in [6.45, 7) is 2.24. The lowest BCUT2D eigenvalue weighted by Crippen LogP contribution is -2.31. The lowest BCUT2D eigenvalue weighted by atomic mass is 10.2. The standard InChI is InChI=1S/C12H20N4O3/c1-18-7-5-14-8-9-2-3-11(19-9)16-6-4-10(13)15-12(16)17/h4,6,9,11,14H,2-3,5,7-8H2,1H3,(H2,13,15,17)/t9-,11+/m0/s1. The van der Waals surface area contributed by atoms with Crippen molar-refractivity contribution in [2.75, 3.05) is 32.5 Å². The van der Waals surface area contributed by atoms with Crippen LogP contribution in [0, 0.1) is 0 Å². The molecule has 1 aromatic rings. The maximum absolute atomic E-state index is 11.7. The number of rotatable bonds is 6. The van der Waals surface area contributed by atoms with Crippen LogP contribution < -0.4 is 16.7 Å². The summed E-state index contributed by atoms with van der Waals surface area (Å²) < 4.78 is 12.3. The molecule has 2 heterocycles. The highest BCUT2D eigenvalue weighted by Crippen LogP contribution is 2.26. The Bertz CT molecular complexity index is 463. The van der Waals surface area contributed by atoms with Gasteiger partial charge in [0.15, 0.2) is 0 Å². The zero-order valence-corrected chi connectivity index (χ0v) is 11.0. The Labute approximate surface area is 111 Å². The molecule has 19 heavy (non-hydrogen) atoms. The van der Waals surface area contributed by atoms with Crippen molar-refractivity contribution >= 4 is 5.82 Å². The third-order valence-electron chi connectivity index (χ3n) is 3.10. The molecule has 2 rings (SSSR count). The van der Waals surface area contributed by atoms with Gasteiger partial charge in [-0.15, -0.1) is 0 Å². The second kappa shape index (κ2) is 6.65. The van der Waals surface area contributed by atoms with E-state index >= 15 is 0 Å². The van der Waals surface area contributed by atoms with Crippen molar-refractivity contribution < 1.29 is 9.47 Å².